The van der Waals surface area contributed by atoms with E-state index in [0.717, 1.165) is 56.8 Å². The van der Waals surface area contributed by atoms with Gasteiger partial charge in [-0.3, -0.25) is 9.48 Å². The van der Waals surface area contributed by atoms with E-state index in [1.165, 1.54) is 0 Å². The van der Waals surface area contributed by atoms with Gasteiger partial charge in [0.25, 0.3) is 6.01 Å². The molecule has 0 aromatic carbocycles. The highest BCUT2D eigenvalue weighted by atomic mass is 16.4. The van der Waals surface area contributed by atoms with Crippen LogP contribution in [0.3, 0.4) is 0 Å². The van der Waals surface area contributed by atoms with Crippen LogP contribution < -0.4 is 4.90 Å². The first-order chi connectivity index (χ1) is 14.6. The van der Waals surface area contributed by atoms with Crippen LogP contribution >= 0.6 is 0 Å². The average Bonchev–Trinajstić information content (AvgIpc) is 3.30. The Morgan fingerprint density at radius 3 is 2.83 bits per heavy atom. The van der Waals surface area contributed by atoms with Crippen LogP contribution in [0.4, 0.5) is 6.01 Å². The smallest absolute Gasteiger partial charge is 0.299 e. The first-order valence-corrected chi connectivity index (χ1v) is 10.4. The summed E-state index contributed by atoms with van der Waals surface area (Å²) in [6.07, 6.45) is 2.38. The van der Waals surface area contributed by atoms with Crippen molar-refractivity contribution in [3.05, 3.63) is 35.3 Å². The number of hydrogen-bond donors (Lipinski definition) is 0. The van der Waals surface area contributed by atoms with E-state index < -0.39 is 0 Å². The molecule has 5 rings (SSSR count). The molecule has 0 radical (unpaired) electrons. The minimum atomic E-state index is -0.00379. The maximum Gasteiger partial charge on any atom is 0.299 e. The highest BCUT2D eigenvalue weighted by molar-refractivity contribution is 5.79. The number of nitrogens with zero attached hydrogens (tertiary/aromatic N) is 7. The Bertz CT molecular complexity index is 1130. The fraction of sp³-hybridized carbons (Fsp3) is 0.476. The van der Waals surface area contributed by atoms with Gasteiger partial charge in [0.05, 0.1) is 12.2 Å². The molecule has 0 spiro atoms. The molecule has 9 nitrogen and oxygen atoms in total. The Kier molecular flexibility index (Phi) is 4.62. The van der Waals surface area contributed by atoms with Gasteiger partial charge in [-0.2, -0.15) is 15.3 Å². The molecule has 1 saturated heterocycles. The monoisotopic (exact) mass is 405 g/mol. The first kappa shape index (κ1) is 18.6. The number of piperidine rings is 1. The van der Waals surface area contributed by atoms with Crippen molar-refractivity contribution in [2.75, 3.05) is 24.5 Å². The van der Waals surface area contributed by atoms with Gasteiger partial charge in [-0.15, -0.1) is 0 Å². The third kappa shape index (κ3) is 3.38. The summed E-state index contributed by atoms with van der Waals surface area (Å²) in [6, 6.07) is 8.26. The Morgan fingerprint density at radius 1 is 1.20 bits per heavy atom. The molecule has 30 heavy (non-hydrogen) atoms. The average molecular weight is 405 g/mol. The van der Waals surface area contributed by atoms with E-state index in [0.29, 0.717) is 29.5 Å². The van der Waals surface area contributed by atoms with E-state index in [2.05, 4.69) is 26.0 Å². The Labute approximate surface area is 173 Å². The normalized spacial score (nSPS) is 17.6. The minimum absolute atomic E-state index is 0.00379. The van der Waals surface area contributed by atoms with Crippen LogP contribution in [-0.4, -0.2) is 50.2 Å². The van der Waals surface area contributed by atoms with Crippen molar-refractivity contribution in [1.29, 1.82) is 5.26 Å². The highest BCUT2D eigenvalue weighted by Crippen LogP contribution is 2.27. The molecule has 2 aliphatic rings. The Morgan fingerprint density at radius 2 is 2.03 bits per heavy atom. The molecule has 5 heterocycles. The molecule has 0 unspecified atom stereocenters. The summed E-state index contributed by atoms with van der Waals surface area (Å²) in [5, 5.41) is 13.4. The third-order valence-electron chi connectivity index (χ3n) is 5.94. The van der Waals surface area contributed by atoms with Crippen molar-refractivity contribution in [3.8, 4) is 6.07 Å². The Balaban J connectivity index is 1.24. The maximum atomic E-state index is 13.2. The quantitative estimate of drug-likeness (QED) is 0.644. The van der Waals surface area contributed by atoms with Crippen molar-refractivity contribution in [2.24, 2.45) is 5.92 Å². The molecule has 2 aliphatic heterocycles. The lowest BCUT2D eigenvalue weighted by molar-refractivity contribution is -0.136. The fourth-order valence-corrected chi connectivity index (χ4v) is 4.32. The number of carbonyl (C=O) groups excluding carboxylic acids is 1. The fourth-order valence-electron chi connectivity index (χ4n) is 4.32. The second-order valence-electron chi connectivity index (χ2n) is 8.00. The van der Waals surface area contributed by atoms with Crippen LogP contribution in [0.25, 0.3) is 11.2 Å². The van der Waals surface area contributed by atoms with Crippen LogP contribution in [-0.2, 0) is 17.9 Å². The lowest BCUT2D eigenvalue weighted by Crippen LogP contribution is -2.42. The molecule has 0 saturated carbocycles. The van der Waals surface area contributed by atoms with Crippen LogP contribution in [0, 0.1) is 24.2 Å². The zero-order valence-corrected chi connectivity index (χ0v) is 16.9. The SMILES string of the molecule is Cc1ccc2oc(N3CCC(C(=O)N4CCCn5nc(C#N)cc5C4)CC3)nc2n1. The van der Waals surface area contributed by atoms with Crippen molar-refractivity contribution < 1.29 is 9.21 Å². The molecule has 0 N–H and O–H groups in total. The number of pyridine rings is 1. The third-order valence-corrected chi connectivity index (χ3v) is 5.94. The van der Waals surface area contributed by atoms with E-state index >= 15 is 0 Å². The van der Waals surface area contributed by atoms with Gasteiger partial charge < -0.3 is 14.2 Å². The standard InChI is InChI=1S/C21H23N7O2/c1-14-3-4-18-19(23-14)24-21(30-18)26-9-5-15(6-10-26)20(29)27-7-2-8-28-17(13-27)11-16(12-22)25-28/h3-4,11,15H,2,5-10,13H2,1H3. The van der Waals surface area contributed by atoms with Gasteiger partial charge in [-0.25, -0.2) is 4.98 Å². The zero-order valence-electron chi connectivity index (χ0n) is 16.9. The lowest BCUT2D eigenvalue weighted by atomic mass is 9.95. The second-order valence-corrected chi connectivity index (χ2v) is 8.00. The van der Waals surface area contributed by atoms with Crippen molar-refractivity contribution in [2.45, 2.75) is 39.3 Å². The molecular formula is C21H23N7O2. The summed E-state index contributed by atoms with van der Waals surface area (Å²) < 4.78 is 7.72. The number of anilines is 1. The number of nitriles is 1. The molecule has 1 fully saturated rings. The number of carbonyl (C=O) groups is 1. The largest absolute Gasteiger partial charge is 0.422 e. The molecule has 0 bridgehead atoms. The minimum Gasteiger partial charge on any atom is -0.422 e. The molecule has 3 aromatic rings. The molecule has 0 aliphatic carbocycles. The topological polar surface area (TPSA) is 104 Å². The summed E-state index contributed by atoms with van der Waals surface area (Å²) >= 11 is 0. The molecule has 9 heteroatoms. The lowest BCUT2D eigenvalue weighted by Gasteiger charge is -2.33. The first-order valence-electron chi connectivity index (χ1n) is 10.4. The van der Waals surface area contributed by atoms with E-state index in [9.17, 15) is 4.79 Å². The van der Waals surface area contributed by atoms with Crippen LogP contribution in [0.15, 0.2) is 22.6 Å². The second kappa shape index (κ2) is 7.44. The highest BCUT2D eigenvalue weighted by Gasteiger charge is 2.31. The number of oxazole rings is 1. The molecule has 0 atom stereocenters. The molecule has 154 valence electrons. The van der Waals surface area contributed by atoms with Crippen LogP contribution in [0.1, 0.15) is 36.3 Å². The van der Waals surface area contributed by atoms with Crippen molar-refractivity contribution in [1.82, 2.24) is 24.6 Å². The Hall–Kier alpha value is -3.41. The van der Waals surface area contributed by atoms with E-state index in [-0.39, 0.29) is 11.8 Å². The van der Waals surface area contributed by atoms with E-state index in [1.807, 2.05) is 28.6 Å². The van der Waals surface area contributed by atoms with Crippen molar-refractivity contribution >= 4 is 23.2 Å². The number of aryl methyl sites for hydroxylation is 2. The van der Waals surface area contributed by atoms with Crippen LogP contribution in [0.5, 0.6) is 0 Å². The number of hydrogen-bond acceptors (Lipinski definition) is 7. The van der Waals surface area contributed by atoms with Gasteiger partial charge in [-0.05, 0) is 44.4 Å². The summed E-state index contributed by atoms with van der Waals surface area (Å²) in [5.74, 6) is 0.188. The van der Waals surface area contributed by atoms with E-state index in [1.54, 1.807) is 6.07 Å². The summed E-state index contributed by atoms with van der Waals surface area (Å²) in [7, 11) is 0. The van der Waals surface area contributed by atoms with Gasteiger partial charge in [0.2, 0.25) is 11.6 Å². The number of rotatable bonds is 2. The zero-order chi connectivity index (χ0) is 20.7. The predicted molar refractivity (Wildman–Crippen MR) is 108 cm³/mol. The van der Waals surface area contributed by atoms with Crippen LogP contribution in [0.2, 0.25) is 0 Å². The summed E-state index contributed by atoms with van der Waals surface area (Å²) in [4.78, 5) is 26.1. The van der Waals surface area contributed by atoms with E-state index in [4.69, 9.17) is 9.68 Å². The molecule has 1 amide bonds. The van der Waals surface area contributed by atoms with Gasteiger partial charge in [-0.1, -0.05) is 0 Å². The van der Waals surface area contributed by atoms with Gasteiger partial charge >= 0.3 is 0 Å². The summed E-state index contributed by atoms with van der Waals surface area (Å²) in [5.41, 5.74) is 3.57. The number of fused-ring (bicyclic) bond motifs is 2. The number of amides is 1. The van der Waals surface area contributed by atoms with Gasteiger partial charge in [0.15, 0.2) is 11.3 Å². The molecular weight excluding hydrogens is 382 g/mol. The van der Waals surface area contributed by atoms with Crippen molar-refractivity contribution in [3.63, 3.8) is 0 Å². The van der Waals surface area contributed by atoms with Gasteiger partial charge in [0.1, 0.15) is 6.07 Å². The number of aromatic nitrogens is 4. The van der Waals surface area contributed by atoms with Gasteiger partial charge in [0, 0.05) is 37.8 Å². The predicted octanol–water partition coefficient (Wildman–Crippen LogP) is 2.25. The molecule has 3 aromatic heterocycles. The maximum absolute atomic E-state index is 13.2. The summed E-state index contributed by atoms with van der Waals surface area (Å²) in [6.45, 7) is 5.37.